The van der Waals surface area contributed by atoms with Crippen molar-refractivity contribution in [3.8, 4) is 11.1 Å². The number of alkyl halides is 6. The summed E-state index contributed by atoms with van der Waals surface area (Å²) >= 11 is 5.84. The highest BCUT2D eigenvalue weighted by atomic mass is 35.5. The van der Waals surface area contributed by atoms with Crippen molar-refractivity contribution in [2.24, 2.45) is 5.73 Å². The topological polar surface area (TPSA) is 184 Å². The Morgan fingerprint density at radius 3 is 1.71 bits per heavy atom. The monoisotopic (exact) mass is 569 g/mol. The largest absolute Gasteiger partial charge is 0.490 e. The summed E-state index contributed by atoms with van der Waals surface area (Å²) in [7, 11) is 0. The first-order chi connectivity index (χ1) is 17.4. The summed E-state index contributed by atoms with van der Waals surface area (Å²) in [4.78, 5) is 30.1. The first-order valence-electron chi connectivity index (χ1n) is 9.75. The Hall–Kier alpha value is -4.31. The highest BCUT2D eigenvalue weighted by Crippen LogP contribution is 2.25. The maximum Gasteiger partial charge on any atom is 0.490 e. The van der Waals surface area contributed by atoms with E-state index in [4.69, 9.17) is 42.9 Å². The van der Waals surface area contributed by atoms with Gasteiger partial charge in [-0.25, -0.2) is 9.59 Å². The first-order valence-corrected chi connectivity index (χ1v) is 10.1. The molecule has 1 heterocycles. The standard InChI is InChI=1S/C17H16ClN5O.2C2HF3O2/c18-12-5-1-11(2-6-12)15(19)17(24)22-13-7-3-10(4-8-13)14-9-21-23-16(14)20;2*3-2(4,5)1(6)7/h1-9,15H,19H2,(H,22,24)(H3,20,21,23);2*(H,6,7). The molecular formula is C21H18ClF6N5O5. The SMILES string of the molecule is Nc1[nH]ncc1-c1ccc(NC(=O)C(N)c2ccc(Cl)cc2)cc1.O=C(O)C(F)(F)F.O=C(O)C(F)(F)F. The van der Waals surface area contributed by atoms with E-state index in [-0.39, 0.29) is 5.91 Å². The van der Waals surface area contributed by atoms with Crippen molar-refractivity contribution in [1.29, 1.82) is 0 Å². The molecule has 3 rings (SSSR count). The molecular weight excluding hydrogens is 552 g/mol. The molecule has 2 aromatic carbocycles. The van der Waals surface area contributed by atoms with Crippen LogP contribution in [0.2, 0.25) is 5.02 Å². The van der Waals surface area contributed by atoms with E-state index >= 15 is 0 Å². The first kappa shape index (κ1) is 31.7. The second kappa shape index (κ2) is 13.3. The lowest BCUT2D eigenvalue weighted by Gasteiger charge is -2.13. The van der Waals surface area contributed by atoms with Gasteiger partial charge in [0.25, 0.3) is 0 Å². The smallest absolute Gasteiger partial charge is 0.475 e. The number of nitrogens with one attached hydrogen (secondary N) is 2. The Balaban J connectivity index is 0.000000426. The van der Waals surface area contributed by atoms with Crippen LogP contribution in [-0.4, -0.2) is 50.6 Å². The minimum atomic E-state index is -5.08. The third kappa shape index (κ3) is 10.4. The second-order valence-corrected chi connectivity index (χ2v) is 7.34. The molecule has 0 aliphatic carbocycles. The van der Waals surface area contributed by atoms with Crippen LogP contribution in [0.15, 0.2) is 54.7 Å². The van der Waals surface area contributed by atoms with Crippen molar-refractivity contribution in [1.82, 2.24) is 10.2 Å². The number of hydrogen-bond donors (Lipinski definition) is 6. The molecule has 1 amide bonds. The van der Waals surface area contributed by atoms with Crippen LogP contribution in [0.1, 0.15) is 11.6 Å². The van der Waals surface area contributed by atoms with Gasteiger partial charge < -0.3 is 27.0 Å². The number of hydrogen-bond acceptors (Lipinski definition) is 6. The number of aromatic amines is 1. The predicted molar refractivity (Wildman–Crippen MR) is 123 cm³/mol. The van der Waals surface area contributed by atoms with Gasteiger partial charge >= 0.3 is 24.3 Å². The Bertz CT molecular complexity index is 1210. The normalized spacial score (nSPS) is 11.7. The van der Waals surface area contributed by atoms with Crippen LogP contribution in [-0.2, 0) is 14.4 Å². The number of carbonyl (C=O) groups is 3. The second-order valence-electron chi connectivity index (χ2n) is 6.90. The van der Waals surface area contributed by atoms with Crippen LogP contribution in [0, 0.1) is 0 Å². The Labute approximate surface area is 214 Å². The van der Waals surface area contributed by atoms with Crippen molar-refractivity contribution >= 4 is 41.0 Å². The quantitative estimate of drug-likeness (QED) is 0.252. The summed E-state index contributed by atoms with van der Waals surface area (Å²) < 4.78 is 63.5. The number of anilines is 2. The summed E-state index contributed by atoms with van der Waals surface area (Å²) in [5, 5.41) is 24.2. The van der Waals surface area contributed by atoms with E-state index in [0.29, 0.717) is 22.1 Å². The van der Waals surface area contributed by atoms with Gasteiger partial charge in [0.2, 0.25) is 5.91 Å². The van der Waals surface area contributed by atoms with Crippen LogP contribution < -0.4 is 16.8 Å². The van der Waals surface area contributed by atoms with Crippen LogP contribution in [0.4, 0.5) is 37.8 Å². The van der Waals surface area contributed by atoms with Crippen LogP contribution in [0.25, 0.3) is 11.1 Å². The van der Waals surface area contributed by atoms with Gasteiger partial charge in [-0.2, -0.15) is 31.4 Å². The zero-order valence-corrected chi connectivity index (χ0v) is 19.4. The number of carboxylic acid groups (broad SMARTS) is 2. The van der Waals surface area contributed by atoms with Crippen LogP contribution in [0.3, 0.4) is 0 Å². The number of benzene rings is 2. The zero-order valence-electron chi connectivity index (χ0n) is 18.6. The van der Waals surface area contributed by atoms with E-state index in [9.17, 15) is 31.1 Å². The fourth-order valence-electron chi connectivity index (χ4n) is 2.30. The number of nitrogen functional groups attached to an aromatic ring is 1. The zero-order chi connectivity index (χ0) is 29.3. The number of aromatic nitrogens is 2. The van der Waals surface area contributed by atoms with Crippen molar-refractivity contribution in [3.05, 3.63) is 65.3 Å². The fourth-order valence-corrected chi connectivity index (χ4v) is 2.43. The molecule has 0 fully saturated rings. The van der Waals surface area contributed by atoms with E-state index in [1.807, 2.05) is 12.1 Å². The molecule has 206 valence electrons. The lowest BCUT2D eigenvalue weighted by molar-refractivity contribution is -0.193. The lowest BCUT2D eigenvalue weighted by Crippen LogP contribution is -2.27. The van der Waals surface area contributed by atoms with E-state index < -0.39 is 30.3 Å². The van der Waals surface area contributed by atoms with E-state index in [0.717, 1.165) is 11.1 Å². The minimum Gasteiger partial charge on any atom is -0.475 e. The number of nitrogens with two attached hydrogens (primary N) is 2. The lowest BCUT2D eigenvalue weighted by atomic mass is 10.1. The van der Waals surface area contributed by atoms with Gasteiger partial charge in [0.15, 0.2) is 0 Å². The Morgan fingerprint density at radius 2 is 1.34 bits per heavy atom. The molecule has 1 unspecified atom stereocenters. The molecule has 0 saturated heterocycles. The number of rotatable bonds is 4. The molecule has 8 N–H and O–H groups in total. The van der Waals surface area contributed by atoms with Gasteiger partial charge in [-0.05, 0) is 35.4 Å². The molecule has 0 aliphatic heterocycles. The number of carbonyl (C=O) groups excluding carboxylic acids is 1. The third-order valence-electron chi connectivity index (χ3n) is 4.13. The van der Waals surface area contributed by atoms with Crippen molar-refractivity contribution < 1.29 is 50.9 Å². The Kier molecular flexibility index (Phi) is 11.1. The van der Waals surface area contributed by atoms with Crippen LogP contribution in [0.5, 0.6) is 0 Å². The fraction of sp³-hybridized carbons (Fsp3) is 0.143. The number of halogens is 7. The van der Waals surface area contributed by atoms with Gasteiger partial charge in [0.1, 0.15) is 11.9 Å². The molecule has 10 nitrogen and oxygen atoms in total. The predicted octanol–water partition coefficient (Wildman–Crippen LogP) is 4.22. The van der Waals surface area contributed by atoms with Gasteiger partial charge in [-0.1, -0.05) is 35.9 Å². The number of H-pyrrole nitrogens is 1. The molecule has 0 spiro atoms. The summed E-state index contributed by atoms with van der Waals surface area (Å²) in [6.07, 6.45) is -8.51. The van der Waals surface area contributed by atoms with E-state index in [2.05, 4.69) is 15.5 Å². The van der Waals surface area contributed by atoms with Crippen LogP contribution >= 0.6 is 11.6 Å². The summed E-state index contributed by atoms with van der Waals surface area (Å²) in [6, 6.07) is 13.4. The van der Waals surface area contributed by atoms with Gasteiger partial charge in [0.05, 0.1) is 6.20 Å². The summed E-state index contributed by atoms with van der Waals surface area (Å²) in [6.45, 7) is 0. The van der Waals surface area contributed by atoms with E-state index in [1.54, 1.807) is 42.6 Å². The van der Waals surface area contributed by atoms with Gasteiger partial charge in [-0.15, -0.1) is 0 Å². The summed E-state index contributed by atoms with van der Waals surface area (Å²) in [5.41, 5.74) is 14.8. The molecule has 1 aromatic heterocycles. The number of nitrogens with zero attached hydrogens (tertiary/aromatic N) is 1. The molecule has 38 heavy (non-hydrogen) atoms. The van der Waals surface area contributed by atoms with Crippen molar-refractivity contribution in [3.63, 3.8) is 0 Å². The highest BCUT2D eigenvalue weighted by Gasteiger charge is 2.38. The molecule has 1 atom stereocenters. The summed E-state index contributed by atoms with van der Waals surface area (Å²) in [5.74, 6) is -5.32. The average Bonchev–Trinajstić information content (AvgIpc) is 3.25. The molecule has 17 heteroatoms. The number of amides is 1. The maximum absolute atomic E-state index is 12.3. The van der Waals surface area contributed by atoms with E-state index in [1.165, 1.54) is 0 Å². The average molecular weight is 570 g/mol. The number of carboxylic acids is 2. The van der Waals surface area contributed by atoms with Gasteiger partial charge in [0, 0.05) is 16.3 Å². The minimum absolute atomic E-state index is 0.298. The third-order valence-corrected chi connectivity index (χ3v) is 4.38. The highest BCUT2D eigenvalue weighted by molar-refractivity contribution is 6.30. The molecule has 0 saturated carbocycles. The Morgan fingerprint density at radius 1 is 0.895 bits per heavy atom. The van der Waals surface area contributed by atoms with Crippen molar-refractivity contribution in [2.45, 2.75) is 18.4 Å². The van der Waals surface area contributed by atoms with Gasteiger partial charge in [-0.3, -0.25) is 9.89 Å². The van der Waals surface area contributed by atoms with Crippen molar-refractivity contribution in [2.75, 3.05) is 11.1 Å². The number of aliphatic carboxylic acids is 2. The molecule has 3 aromatic rings. The molecule has 0 radical (unpaired) electrons. The maximum atomic E-state index is 12.3. The molecule has 0 bridgehead atoms. The molecule has 0 aliphatic rings.